The lowest BCUT2D eigenvalue weighted by Gasteiger charge is -2.38. The second kappa shape index (κ2) is 8.47. The van der Waals surface area contributed by atoms with Crippen LogP contribution in [-0.2, 0) is 9.47 Å². The second-order valence-corrected chi connectivity index (χ2v) is 6.18. The molecule has 20 heavy (non-hydrogen) atoms. The Bertz CT molecular complexity index is 301. The van der Waals surface area contributed by atoms with Crippen LogP contribution >= 0.6 is 0 Å². The quantitative estimate of drug-likeness (QED) is 0.526. The molecule has 1 unspecified atom stereocenters. The fourth-order valence-corrected chi connectivity index (χ4v) is 2.23. The summed E-state index contributed by atoms with van der Waals surface area (Å²) in [6.45, 7) is 12.9. The third-order valence-electron chi connectivity index (χ3n) is 3.65. The smallest absolute Gasteiger partial charge is 0.191 e. The maximum Gasteiger partial charge on any atom is 0.191 e. The highest BCUT2D eigenvalue weighted by atomic mass is 16.5. The van der Waals surface area contributed by atoms with Gasteiger partial charge in [0.25, 0.3) is 0 Å². The van der Waals surface area contributed by atoms with Crippen molar-refractivity contribution in [1.29, 1.82) is 0 Å². The average Bonchev–Trinajstić information content (AvgIpc) is 2.39. The lowest BCUT2D eigenvalue weighted by atomic mass is 9.89. The lowest BCUT2D eigenvalue weighted by molar-refractivity contribution is -0.0971. The van der Waals surface area contributed by atoms with E-state index in [1.165, 1.54) is 0 Å². The molecule has 0 bridgehead atoms. The van der Waals surface area contributed by atoms with Crippen LogP contribution in [-0.4, -0.2) is 52.0 Å². The van der Waals surface area contributed by atoms with Crippen LogP contribution in [0.15, 0.2) is 4.99 Å². The number of ether oxygens (including phenoxy) is 2. The van der Waals surface area contributed by atoms with E-state index in [0.717, 1.165) is 45.3 Å². The van der Waals surface area contributed by atoms with E-state index in [1.54, 1.807) is 7.05 Å². The van der Waals surface area contributed by atoms with Crippen molar-refractivity contribution in [2.24, 2.45) is 16.3 Å². The van der Waals surface area contributed by atoms with E-state index in [2.05, 4.69) is 36.4 Å². The molecule has 1 fully saturated rings. The van der Waals surface area contributed by atoms with Gasteiger partial charge in [0.2, 0.25) is 0 Å². The zero-order chi connectivity index (χ0) is 15.0. The summed E-state index contributed by atoms with van der Waals surface area (Å²) in [6, 6.07) is 0. The maximum absolute atomic E-state index is 5.74. The SMILES string of the molecule is CCOC(CCNC(=NC)NCC1(C)COC1)C(C)C. The predicted molar refractivity (Wildman–Crippen MR) is 83.2 cm³/mol. The average molecular weight is 285 g/mol. The number of aliphatic imine (C=N–C) groups is 1. The Morgan fingerprint density at radius 2 is 2.05 bits per heavy atom. The van der Waals surface area contributed by atoms with Crippen LogP contribution in [0.5, 0.6) is 0 Å². The van der Waals surface area contributed by atoms with Gasteiger partial charge in [0.1, 0.15) is 0 Å². The Balaban J connectivity index is 2.23. The van der Waals surface area contributed by atoms with Crippen molar-refractivity contribution in [2.45, 2.75) is 40.2 Å². The first-order valence-electron chi connectivity index (χ1n) is 7.64. The van der Waals surface area contributed by atoms with E-state index in [4.69, 9.17) is 9.47 Å². The van der Waals surface area contributed by atoms with Crippen LogP contribution in [0.2, 0.25) is 0 Å². The highest BCUT2D eigenvalue weighted by Gasteiger charge is 2.33. The van der Waals surface area contributed by atoms with Crippen LogP contribution in [0.1, 0.15) is 34.1 Å². The molecule has 1 rings (SSSR count). The van der Waals surface area contributed by atoms with Gasteiger partial charge in [-0.2, -0.15) is 0 Å². The monoisotopic (exact) mass is 285 g/mol. The van der Waals surface area contributed by atoms with Gasteiger partial charge in [-0.15, -0.1) is 0 Å². The van der Waals surface area contributed by atoms with Gasteiger partial charge < -0.3 is 20.1 Å². The van der Waals surface area contributed by atoms with E-state index < -0.39 is 0 Å². The minimum absolute atomic E-state index is 0.253. The van der Waals surface area contributed by atoms with Crippen molar-refractivity contribution >= 4 is 5.96 Å². The van der Waals surface area contributed by atoms with Gasteiger partial charge in [-0.3, -0.25) is 4.99 Å². The topological polar surface area (TPSA) is 54.9 Å². The highest BCUT2D eigenvalue weighted by Crippen LogP contribution is 2.24. The zero-order valence-corrected chi connectivity index (χ0v) is 13.7. The van der Waals surface area contributed by atoms with Gasteiger partial charge in [-0.1, -0.05) is 20.8 Å². The van der Waals surface area contributed by atoms with Crippen molar-refractivity contribution in [3.63, 3.8) is 0 Å². The van der Waals surface area contributed by atoms with Gasteiger partial charge in [-0.05, 0) is 19.3 Å². The highest BCUT2D eigenvalue weighted by molar-refractivity contribution is 5.79. The van der Waals surface area contributed by atoms with Crippen molar-refractivity contribution in [1.82, 2.24) is 10.6 Å². The Morgan fingerprint density at radius 1 is 1.35 bits per heavy atom. The van der Waals surface area contributed by atoms with Gasteiger partial charge in [0.05, 0.1) is 19.3 Å². The lowest BCUT2D eigenvalue weighted by Crippen LogP contribution is -2.51. The van der Waals surface area contributed by atoms with Gasteiger partial charge in [0, 0.05) is 32.2 Å². The molecular formula is C15H31N3O2. The minimum Gasteiger partial charge on any atom is -0.380 e. The van der Waals surface area contributed by atoms with E-state index in [1.807, 2.05) is 6.92 Å². The molecule has 118 valence electrons. The molecule has 5 nitrogen and oxygen atoms in total. The van der Waals surface area contributed by atoms with Crippen LogP contribution in [0.4, 0.5) is 0 Å². The van der Waals surface area contributed by atoms with Crippen molar-refractivity contribution < 1.29 is 9.47 Å². The van der Waals surface area contributed by atoms with E-state index >= 15 is 0 Å². The molecule has 1 aliphatic rings. The summed E-state index contributed by atoms with van der Waals surface area (Å²) in [7, 11) is 1.80. The summed E-state index contributed by atoms with van der Waals surface area (Å²) in [5.74, 6) is 1.40. The molecule has 1 atom stereocenters. The molecule has 0 aliphatic carbocycles. The number of nitrogens with one attached hydrogen (secondary N) is 2. The molecule has 5 heteroatoms. The Hall–Kier alpha value is -0.810. The largest absolute Gasteiger partial charge is 0.380 e. The number of hydrogen-bond donors (Lipinski definition) is 2. The number of guanidine groups is 1. The van der Waals surface area contributed by atoms with Crippen molar-refractivity contribution in [3.05, 3.63) is 0 Å². The first kappa shape index (κ1) is 17.2. The third-order valence-corrected chi connectivity index (χ3v) is 3.65. The Kier molecular flexibility index (Phi) is 7.30. The van der Waals surface area contributed by atoms with Crippen molar-refractivity contribution in [2.75, 3.05) is 40.0 Å². The normalized spacial score (nSPS) is 19.6. The molecule has 1 saturated heterocycles. The molecule has 0 amide bonds. The van der Waals surface area contributed by atoms with E-state index in [9.17, 15) is 0 Å². The molecule has 0 radical (unpaired) electrons. The molecular weight excluding hydrogens is 254 g/mol. The summed E-state index contributed by atoms with van der Waals surface area (Å²) >= 11 is 0. The van der Waals surface area contributed by atoms with E-state index in [-0.39, 0.29) is 5.41 Å². The zero-order valence-electron chi connectivity index (χ0n) is 13.7. The summed E-state index contributed by atoms with van der Waals surface area (Å²) in [5, 5.41) is 6.72. The van der Waals surface area contributed by atoms with Crippen LogP contribution < -0.4 is 10.6 Å². The Morgan fingerprint density at radius 3 is 2.50 bits per heavy atom. The fourth-order valence-electron chi connectivity index (χ4n) is 2.23. The van der Waals surface area contributed by atoms with Crippen LogP contribution in [0.25, 0.3) is 0 Å². The van der Waals surface area contributed by atoms with Crippen molar-refractivity contribution in [3.8, 4) is 0 Å². The molecule has 1 heterocycles. The number of nitrogens with zero attached hydrogens (tertiary/aromatic N) is 1. The number of rotatable bonds is 8. The molecule has 0 aromatic heterocycles. The standard InChI is InChI=1S/C15H31N3O2/c1-6-20-13(12(2)3)7-8-17-14(16-5)18-9-15(4)10-19-11-15/h12-13H,6-11H2,1-5H3,(H2,16,17,18). The fraction of sp³-hybridized carbons (Fsp3) is 0.933. The summed E-state index contributed by atoms with van der Waals surface area (Å²) in [6.07, 6.45) is 1.30. The van der Waals surface area contributed by atoms with Crippen LogP contribution in [0.3, 0.4) is 0 Å². The second-order valence-electron chi connectivity index (χ2n) is 6.18. The Labute approximate surface area is 123 Å². The number of hydrogen-bond acceptors (Lipinski definition) is 3. The summed E-state index contributed by atoms with van der Waals surface area (Å²) in [5.41, 5.74) is 0.253. The van der Waals surface area contributed by atoms with Crippen LogP contribution in [0, 0.1) is 11.3 Å². The molecule has 0 aromatic carbocycles. The third kappa shape index (κ3) is 5.67. The molecule has 0 saturated carbocycles. The van der Waals surface area contributed by atoms with Gasteiger partial charge >= 0.3 is 0 Å². The molecule has 2 N–H and O–H groups in total. The maximum atomic E-state index is 5.74. The summed E-state index contributed by atoms with van der Waals surface area (Å²) in [4.78, 5) is 4.25. The molecule has 0 aromatic rings. The first-order chi connectivity index (χ1) is 9.50. The van der Waals surface area contributed by atoms with Gasteiger partial charge in [-0.25, -0.2) is 0 Å². The predicted octanol–water partition coefficient (Wildman–Crippen LogP) is 1.64. The van der Waals surface area contributed by atoms with E-state index in [0.29, 0.717) is 12.0 Å². The minimum atomic E-state index is 0.253. The first-order valence-corrected chi connectivity index (χ1v) is 7.64. The van der Waals surface area contributed by atoms with Gasteiger partial charge in [0.15, 0.2) is 5.96 Å². The molecule has 0 spiro atoms. The summed E-state index contributed by atoms with van der Waals surface area (Å²) < 4.78 is 11.0. The molecule has 1 aliphatic heterocycles.